The second-order valence-corrected chi connectivity index (χ2v) is 11.2. The Balaban J connectivity index is 1.42. The summed E-state index contributed by atoms with van der Waals surface area (Å²) in [5.41, 5.74) is 2.11. The SMILES string of the molecule is CC(=O)Nc1cc(Oc2cnc3nc(Nc4cc(C(C)(C)C)n(C5CCOC5(C)C)n4)n(C)c3c2)ccn1. The fraction of sp³-hybridized carbons (Fsp3) is 0.444. The molecule has 0 saturated carbocycles. The maximum Gasteiger partial charge on any atom is 0.222 e. The third kappa shape index (κ3) is 5.06. The molecule has 2 N–H and O–H groups in total. The van der Waals surface area contributed by atoms with E-state index in [1.807, 2.05) is 17.7 Å². The number of nitrogens with one attached hydrogen (secondary N) is 2. The summed E-state index contributed by atoms with van der Waals surface area (Å²) < 4.78 is 16.0. The van der Waals surface area contributed by atoms with Crippen LogP contribution in [-0.2, 0) is 22.0 Å². The van der Waals surface area contributed by atoms with Crippen LogP contribution in [0, 0.1) is 0 Å². The first kappa shape index (κ1) is 25.7. The van der Waals surface area contributed by atoms with Crippen LogP contribution in [0.2, 0.25) is 0 Å². The van der Waals surface area contributed by atoms with Crippen molar-refractivity contribution in [3.63, 3.8) is 0 Å². The van der Waals surface area contributed by atoms with Crippen molar-refractivity contribution in [1.29, 1.82) is 0 Å². The number of imidazole rings is 1. The number of anilines is 3. The van der Waals surface area contributed by atoms with Gasteiger partial charge in [0.2, 0.25) is 11.9 Å². The van der Waals surface area contributed by atoms with Crippen LogP contribution in [0.25, 0.3) is 11.2 Å². The molecule has 1 amide bonds. The van der Waals surface area contributed by atoms with Gasteiger partial charge in [0.05, 0.1) is 23.4 Å². The Hall–Kier alpha value is -3.99. The zero-order valence-corrected chi connectivity index (χ0v) is 22.9. The molecule has 5 rings (SSSR count). The molecule has 0 aromatic carbocycles. The van der Waals surface area contributed by atoms with Crippen molar-refractivity contribution in [3.8, 4) is 11.5 Å². The molecule has 1 saturated heterocycles. The molecule has 0 radical (unpaired) electrons. The molecule has 4 aromatic heterocycles. The lowest BCUT2D eigenvalue weighted by atomic mass is 9.90. The van der Waals surface area contributed by atoms with Gasteiger partial charge in [0, 0.05) is 56.1 Å². The number of hydrogen-bond donors (Lipinski definition) is 2. The maximum absolute atomic E-state index is 11.3. The number of pyridine rings is 2. The number of carbonyl (C=O) groups excluding carboxylic acids is 1. The first-order chi connectivity index (χ1) is 17.9. The molecule has 1 unspecified atom stereocenters. The molecular formula is C27H34N8O3. The van der Waals surface area contributed by atoms with Gasteiger partial charge < -0.3 is 24.7 Å². The zero-order chi connectivity index (χ0) is 27.2. The summed E-state index contributed by atoms with van der Waals surface area (Å²) in [6.07, 6.45) is 4.11. The van der Waals surface area contributed by atoms with Crippen molar-refractivity contribution in [2.75, 3.05) is 17.2 Å². The van der Waals surface area contributed by atoms with E-state index in [9.17, 15) is 4.79 Å². The molecule has 4 aromatic rings. The molecule has 0 bridgehead atoms. The molecule has 11 nitrogen and oxygen atoms in total. The van der Waals surface area contributed by atoms with Gasteiger partial charge in [-0.05, 0) is 26.3 Å². The number of aryl methyl sites for hydroxylation is 1. The lowest BCUT2D eigenvalue weighted by Gasteiger charge is -2.30. The van der Waals surface area contributed by atoms with Gasteiger partial charge in [-0.2, -0.15) is 10.1 Å². The largest absolute Gasteiger partial charge is 0.455 e. The van der Waals surface area contributed by atoms with Gasteiger partial charge in [-0.15, -0.1) is 0 Å². The Morgan fingerprint density at radius 3 is 2.63 bits per heavy atom. The fourth-order valence-corrected chi connectivity index (χ4v) is 4.74. The summed E-state index contributed by atoms with van der Waals surface area (Å²) in [4.78, 5) is 24.6. The van der Waals surface area contributed by atoms with E-state index in [2.05, 4.69) is 71.0 Å². The Kier molecular flexibility index (Phi) is 6.34. The lowest BCUT2D eigenvalue weighted by Crippen LogP contribution is -2.33. The number of hydrogen-bond acceptors (Lipinski definition) is 8. The summed E-state index contributed by atoms with van der Waals surface area (Å²) in [6.45, 7) is 13.0. The van der Waals surface area contributed by atoms with Crippen molar-refractivity contribution in [2.45, 2.75) is 65.0 Å². The topological polar surface area (TPSA) is 121 Å². The smallest absolute Gasteiger partial charge is 0.222 e. The number of rotatable bonds is 6. The molecule has 5 heterocycles. The molecule has 1 aliphatic rings. The van der Waals surface area contributed by atoms with E-state index in [0.29, 0.717) is 28.9 Å². The standard InChI is InChI=1S/C27H34N8O3/c1-16(36)30-22-13-17(8-10-28-22)38-18-12-19-24(29-15-18)32-25(34(19)7)31-23-14-21(26(2,3)4)35(33-23)20-9-11-37-27(20,5)6/h8,10,12-15,20H,9,11H2,1-7H3,(H,28,30,36)(H,29,31,32,33). The van der Waals surface area contributed by atoms with E-state index in [1.54, 1.807) is 24.5 Å². The average Bonchev–Trinajstić information content (AvgIpc) is 3.49. The van der Waals surface area contributed by atoms with Crippen molar-refractivity contribution in [2.24, 2.45) is 7.05 Å². The fourth-order valence-electron chi connectivity index (χ4n) is 4.74. The average molecular weight is 519 g/mol. The monoisotopic (exact) mass is 518 g/mol. The number of nitrogens with zero attached hydrogens (tertiary/aromatic N) is 6. The summed E-state index contributed by atoms with van der Waals surface area (Å²) in [6, 6.07) is 7.48. The van der Waals surface area contributed by atoms with Crippen LogP contribution in [0.4, 0.5) is 17.6 Å². The van der Waals surface area contributed by atoms with Crippen molar-refractivity contribution < 1.29 is 14.3 Å². The minimum Gasteiger partial charge on any atom is -0.455 e. The highest BCUT2D eigenvalue weighted by molar-refractivity contribution is 5.87. The predicted octanol–water partition coefficient (Wildman–Crippen LogP) is 5.09. The Morgan fingerprint density at radius 2 is 1.95 bits per heavy atom. The minimum absolute atomic E-state index is 0.0987. The predicted molar refractivity (Wildman–Crippen MR) is 145 cm³/mol. The van der Waals surface area contributed by atoms with Gasteiger partial charge in [0.1, 0.15) is 17.3 Å². The van der Waals surface area contributed by atoms with E-state index in [-0.39, 0.29) is 23.0 Å². The molecule has 11 heteroatoms. The summed E-state index contributed by atoms with van der Waals surface area (Å²) in [5.74, 6) is 2.62. The van der Waals surface area contributed by atoms with Gasteiger partial charge in [-0.25, -0.2) is 9.97 Å². The Morgan fingerprint density at radius 1 is 1.16 bits per heavy atom. The molecule has 1 atom stereocenters. The number of carbonyl (C=O) groups is 1. The number of fused-ring (bicyclic) bond motifs is 1. The highest BCUT2D eigenvalue weighted by atomic mass is 16.5. The van der Waals surface area contributed by atoms with Crippen LogP contribution in [0.5, 0.6) is 11.5 Å². The van der Waals surface area contributed by atoms with Gasteiger partial charge in [-0.3, -0.25) is 9.48 Å². The summed E-state index contributed by atoms with van der Waals surface area (Å²) in [7, 11) is 1.92. The highest BCUT2D eigenvalue weighted by Gasteiger charge is 2.40. The van der Waals surface area contributed by atoms with E-state index in [1.165, 1.54) is 6.92 Å². The van der Waals surface area contributed by atoms with Gasteiger partial charge in [-0.1, -0.05) is 20.8 Å². The van der Waals surface area contributed by atoms with Gasteiger partial charge in [0.25, 0.3) is 0 Å². The van der Waals surface area contributed by atoms with E-state index >= 15 is 0 Å². The number of aromatic nitrogens is 6. The number of ether oxygens (including phenoxy) is 2. The number of amides is 1. The Labute approximate surface area is 221 Å². The molecule has 0 spiro atoms. The van der Waals surface area contributed by atoms with Crippen molar-refractivity contribution in [1.82, 2.24) is 29.3 Å². The quantitative estimate of drug-likeness (QED) is 0.362. The van der Waals surface area contributed by atoms with Crippen LogP contribution in [-0.4, -0.2) is 47.4 Å². The second-order valence-electron chi connectivity index (χ2n) is 11.2. The molecule has 1 aliphatic heterocycles. The molecule has 0 aliphatic carbocycles. The third-order valence-electron chi connectivity index (χ3n) is 6.69. The van der Waals surface area contributed by atoms with Crippen molar-refractivity contribution in [3.05, 3.63) is 42.4 Å². The van der Waals surface area contributed by atoms with Crippen LogP contribution in [0.1, 0.15) is 59.7 Å². The summed E-state index contributed by atoms with van der Waals surface area (Å²) in [5, 5.41) is 11.0. The van der Waals surface area contributed by atoms with E-state index in [4.69, 9.17) is 14.6 Å². The molecule has 1 fully saturated rings. The summed E-state index contributed by atoms with van der Waals surface area (Å²) >= 11 is 0. The second kappa shape index (κ2) is 9.39. The van der Waals surface area contributed by atoms with Gasteiger partial charge in [0.15, 0.2) is 11.5 Å². The van der Waals surface area contributed by atoms with Crippen LogP contribution < -0.4 is 15.4 Å². The van der Waals surface area contributed by atoms with E-state index < -0.39 is 0 Å². The van der Waals surface area contributed by atoms with Crippen LogP contribution in [0.15, 0.2) is 36.7 Å². The molecule has 38 heavy (non-hydrogen) atoms. The Bertz CT molecular complexity index is 1500. The maximum atomic E-state index is 11.3. The van der Waals surface area contributed by atoms with Gasteiger partial charge >= 0.3 is 0 Å². The third-order valence-corrected chi connectivity index (χ3v) is 6.69. The van der Waals surface area contributed by atoms with Crippen molar-refractivity contribution >= 4 is 34.7 Å². The van der Waals surface area contributed by atoms with Crippen LogP contribution in [0.3, 0.4) is 0 Å². The molecule has 200 valence electrons. The molecular weight excluding hydrogens is 484 g/mol. The zero-order valence-electron chi connectivity index (χ0n) is 22.9. The normalized spacial score (nSPS) is 17.1. The first-order valence-electron chi connectivity index (χ1n) is 12.7. The minimum atomic E-state index is -0.292. The lowest BCUT2D eigenvalue weighted by molar-refractivity contribution is -0.114. The van der Waals surface area contributed by atoms with E-state index in [0.717, 1.165) is 30.1 Å². The highest BCUT2D eigenvalue weighted by Crippen LogP contribution is 2.39. The van der Waals surface area contributed by atoms with Crippen LogP contribution >= 0.6 is 0 Å². The first-order valence-corrected chi connectivity index (χ1v) is 12.7.